The first-order valence-electron chi connectivity index (χ1n) is 9.00. The van der Waals surface area contributed by atoms with Crippen molar-refractivity contribution in [1.29, 1.82) is 0 Å². The number of hydrogen-bond donors (Lipinski definition) is 2. The zero-order chi connectivity index (χ0) is 18.6. The highest BCUT2D eigenvalue weighted by atomic mass is 32.2. The van der Waals surface area contributed by atoms with Crippen molar-refractivity contribution in [3.8, 4) is 0 Å². The van der Waals surface area contributed by atoms with Gasteiger partial charge in [0, 0.05) is 17.9 Å². The van der Waals surface area contributed by atoms with Crippen LogP contribution in [-0.4, -0.2) is 23.6 Å². The predicted octanol–water partition coefficient (Wildman–Crippen LogP) is 4.00. The lowest BCUT2D eigenvalue weighted by atomic mass is 10.0. The van der Waals surface area contributed by atoms with Crippen LogP contribution in [0.2, 0.25) is 0 Å². The first-order valence-corrected chi connectivity index (χ1v) is 9.88. The third-order valence-corrected chi connectivity index (χ3v) is 5.95. The Kier molecular flexibility index (Phi) is 5.12. The number of fused-ring (bicyclic) bond motifs is 2. The maximum absolute atomic E-state index is 12.3. The van der Waals surface area contributed by atoms with Crippen molar-refractivity contribution >= 4 is 40.0 Å². The van der Waals surface area contributed by atoms with Crippen molar-refractivity contribution in [2.45, 2.75) is 23.0 Å². The van der Waals surface area contributed by atoms with Gasteiger partial charge in [-0.25, -0.2) is 0 Å². The number of hydrogen-bond acceptors (Lipinski definition) is 3. The van der Waals surface area contributed by atoms with E-state index in [1.54, 1.807) is 0 Å². The summed E-state index contributed by atoms with van der Waals surface area (Å²) in [6, 6.07) is 22.1. The van der Waals surface area contributed by atoms with Crippen molar-refractivity contribution in [3.63, 3.8) is 0 Å². The summed E-state index contributed by atoms with van der Waals surface area (Å²) in [5, 5.41) is 7.86. The lowest BCUT2D eigenvalue weighted by molar-refractivity contribution is -0.124. The molecule has 0 saturated heterocycles. The Balaban J connectivity index is 1.33. The van der Waals surface area contributed by atoms with E-state index >= 15 is 0 Å². The quantitative estimate of drug-likeness (QED) is 0.708. The predicted molar refractivity (Wildman–Crippen MR) is 110 cm³/mol. The summed E-state index contributed by atoms with van der Waals surface area (Å²) >= 11 is 1.45. The van der Waals surface area contributed by atoms with Crippen LogP contribution in [0.1, 0.15) is 12.0 Å². The smallest absolute Gasteiger partial charge is 0.238 e. The third kappa shape index (κ3) is 3.98. The lowest BCUT2D eigenvalue weighted by Gasteiger charge is -2.23. The van der Waals surface area contributed by atoms with E-state index in [0.717, 1.165) is 17.0 Å². The first-order chi connectivity index (χ1) is 13.2. The van der Waals surface area contributed by atoms with Crippen LogP contribution in [-0.2, 0) is 16.0 Å². The molecule has 136 valence electrons. The lowest BCUT2D eigenvalue weighted by Crippen LogP contribution is -2.35. The van der Waals surface area contributed by atoms with Crippen molar-refractivity contribution in [2.24, 2.45) is 0 Å². The Bertz CT molecular complexity index is 997. The second kappa shape index (κ2) is 7.84. The van der Waals surface area contributed by atoms with Crippen molar-refractivity contribution in [3.05, 3.63) is 72.3 Å². The number of amides is 2. The number of benzene rings is 3. The molecule has 5 heteroatoms. The van der Waals surface area contributed by atoms with E-state index in [9.17, 15) is 9.59 Å². The van der Waals surface area contributed by atoms with E-state index in [1.165, 1.54) is 28.1 Å². The van der Waals surface area contributed by atoms with E-state index in [4.69, 9.17) is 0 Å². The van der Waals surface area contributed by atoms with Crippen LogP contribution in [0.5, 0.6) is 0 Å². The molecule has 2 N–H and O–H groups in total. The number of carbonyl (C=O) groups is 2. The molecule has 0 bridgehead atoms. The van der Waals surface area contributed by atoms with E-state index < -0.39 is 5.25 Å². The molecule has 4 nitrogen and oxygen atoms in total. The second-order valence-corrected chi connectivity index (χ2v) is 7.78. The van der Waals surface area contributed by atoms with Gasteiger partial charge in [-0.05, 0) is 34.9 Å². The summed E-state index contributed by atoms with van der Waals surface area (Å²) in [6.45, 7) is 0.558. The summed E-state index contributed by atoms with van der Waals surface area (Å²) in [5.74, 6) is -0.204. The number of nitrogens with one attached hydrogen (secondary N) is 2. The number of para-hydroxylation sites is 1. The number of anilines is 1. The monoisotopic (exact) mass is 376 g/mol. The van der Waals surface area contributed by atoms with E-state index in [1.807, 2.05) is 42.5 Å². The molecule has 1 atom stereocenters. The molecular weight excluding hydrogens is 356 g/mol. The van der Waals surface area contributed by atoms with Crippen molar-refractivity contribution in [2.75, 3.05) is 11.9 Å². The molecule has 0 fully saturated rings. The highest BCUT2D eigenvalue weighted by Gasteiger charge is 2.28. The molecule has 3 aromatic carbocycles. The van der Waals surface area contributed by atoms with Crippen molar-refractivity contribution < 1.29 is 9.59 Å². The van der Waals surface area contributed by atoms with Crippen molar-refractivity contribution in [1.82, 2.24) is 5.32 Å². The van der Waals surface area contributed by atoms with Gasteiger partial charge >= 0.3 is 0 Å². The number of rotatable bonds is 5. The van der Waals surface area contributed by atoms with Gasteiger partial charge in [0.2, 0.25) is 11.8 Å². The summed E-state index contributed by atoms with van der Waals surface area (Å²) in [6.07, 6.45) is 0.945. The van der Waals surface area contributed by atoms with Gasteiger partial charge in [0.1, 0.15) is 0 Å². The average molecular weight is 376 g/mol. The minimum Gasteiger partial charge on any atom is -0.356 e. The van der Waals surface area contributed by atoms with Gasteiger partial charge < -0.3 is 10.6 Å². The highest BCUT2D eigenvalue weighted by molar-refractivity contribution is 8.01. The maximum atomic E-state index is 12.3. The molecule has 0 aliphatic carbocycles. The minimum absolute atomic E-state index is 0.0951. The molecule has 2 amide bonds. The summed E-state index contributed by atoms with van der Waals surface area (Å²) in [4.78, 5) is 25.5. The molecule has 1 aliphatic heterocycles. The van der Waals surface area contributed by atoms with Gasteiger partial charge in [-0.15, -0.1) is 11.8 Å². The fraction of sp³-hybridized carbons (Fsp3) is 0.182. The maximum Gasteiger partial charge on any atom is 0.238 e. The molecule has 1 unspecified atom stereocenters. The Morgan fingerprint density at radius 2 is 1.78 bits per heavy atom. The molecule has 0 saturated carbocycles. The summed E-state index contributed by atoms with van der Waals surface area (Å²) in [7, 11) is 0. The standard InChI is InChI=1S/C22H20N2O2S/c25-21(14-20-22(26)24-18-10-3-4-11-19(18)27-20)23-13-12-16-8-5-7-15-6-1-2-9-17(15)16/h1-11,20H,12-14H2,(H,23,25)(H,24,26). The normalized spacial score (nSPS) is 15.9. The van der Waals surface area contributed by atoms with Gasteiger partial charge in [-0.3, -0.25) is 9.59 Å². The van der Waals surface area contributed by atoms with Crippen LogP contribution in [0.25, 0.3) is 10.8 Å². The molecule has 4 rings (SSSR count). The zero-order valence-corrected chi connectivity index (χ0v) is 15.6. The van der Waals surface area contributed by atoms with Crippen LogP contribution in [0.15, 0.2) is 71.6 Å². The molecule has 0 radical (unpaired) electrons. The highest BCUT2D eigenvalue weighted by Crippen LogP contribution is 2.36. The fourth-order valence-electron chi connectivity index (χ4n) is 3.31. The van der Waals surface area contributed by atoms with Gasteiger partial charge in [0.15, 0.2) is 0 Å². The van der Waals surface area contributed by atoms with Crippen LogP contribution in [0.3, 0.4) is 0 Å². The molecule has 0 spiro atoms. The SMILES string of the molecule is O=C(CC1Sc2ccccc2NC1=O)NCCc1cccc2ccccc12. The first kappa shape index (κ1) is 17.6. The van der Waals surface area contributed by atoms with Gasteiger partial charge in [0.05, 0.1) is 10.9 Å². The van der Waals surface area contributed by atoms with Gasteiger partial charge in [0.25, 0.3) is 0 Å². The third-order valence-electron chi connectivity index (χ3n) is 4.67. The number of thioether (sulfide) groups is 1. The van der Waals surface area contributed by atoms with E-state index in [-0.39, 0.29) is 18.2 Å². The summed E-state index contributed by atoms with van der Waals surface area (Å²) in [5.41, 5.74) is 2.03. The molecule has 1 aliphatic rings. The van der Waals surface area contributed by atoms with Gasteiger partial charge in [-0.1, -0.05) is 54.6 Å². The van der Waals surface area contributed by atoms with E-state index in [0.29, 0.717) is 6.54 Å². The Morgan fingerprint density at radius 3 is 2.70 bits per heavy atom. The van der Waals surface area contributed by atoms with Crippen LogP contribution in [0.4, 0.5) is 5.69 Å². The Hall–Kier alpha value is -2.79. The molecule has 0 aromatic heterocycles. The zero-order valence-electron chi connectivity index (χ0n) is 14.8. The largest absolute Gasteiger partial charge is 0.356 e. The molecule has 3 aromatic rings. The molecule has 1 heterocycles. The van der Waals surface area contributed by atoms with Gasteiger partial charge in [-0.2, -0.15) is 0 Å². The van der Waals surface area contributed by atoms with Crippen LogP contribution in [0, 0.1) is 0 Å². The number of carbonyl (C=O) groups excluding carboxylic acids is 2. The Labute approximate surface area is 162 Å². The van der Waals surface area contributed by atoms with Crippen LogP contribution < -0.4 is 10.6 Å². The minimum atomic E-state index is -0.391. The van der Waals surface area contributed by atoms with Crippen LogP contribution >= 0.6 is 11.8 Å². The molecule has 27 heavy (non-hydrogen) atoms. The summed E-state index contributed by atoms with van der Waals surface area (Å²) < 4.78 is 0. The topological polar surface area (TPSA) is 58.2 Å². The molecular formula is C22H20N2O2S. The second-order valence-electron chi connectivity index (χ2n) is 6.53. The average Bonchev–Trinajstić information content (AvgIpc) is 2.69. The van der Waals surface area contributed by atoms with E-state index in [2.05, 4.69) is 34.9 Å². The fourth-order valence-corrected chi connectivity index (χ4v) is 4.43. The Morgan fingerprint density at radius 1 is 1.00 bits per heavy atom.